The number of halogens is 2. The molecule has 0 aliphatic carbocycles. The van der Waals surface area contributed by atoms with Crippen LogP contribution in [0.3, 0.4) is 0 Å². The summed E-state index contributed by atoms with van der Waals surface area (Å²) >= 11 is 8.29. The van der Waals surface area contributed by atoms with E-state index in [1.54, 1.807) is 0 Å². The number of rotatable bonds is 2. The molecular weight excluding hydrogens is 376 g/mol. The molecule has 1 heterocycles. The van der Waals surface area contributed by atoms with Crippen molar-refractivity contribution in [1.29, 1.82) is 0 Å². The number of thiophene rings is 1. The molecule has 0 radical (unpaired) electrons. The van der Waals surface area contributed by atoms with Gasteiger partial charge in [0.1, 0.15) is 0 Å². The molecule has 0 aliphatic heterocycles. The van der Waals surface area contributed by atoms with Crippen LogP contribution in [0.1, 0.15) is 31.9 Å². The van der Waals surface area contributed by atoms with Crippen LogP contribution in [-0.4, -0.2) is 5.78 Å². The minimum Gasteiger partial charge on any atom is -0.288 e. The predicted molar refractivity (Wildman–Crippen MR) is 83.8 cm³/mol. The van der Waals surface area contributed by atoms with Crippen molar-refractivity contribution in [3.05, 3.63) is 53.6 Å². The number of hydrogen-bond donors (Lipinski definition) is 0. The van der Waals surface area contributed by atoms with Crippen LogP contribution in [0.25, 0.3) is 0 Å². The third-order valence-corrected chi connectivity index (χ3v) is 6.21. The summed E-state index contributed by atoms with van der Waals surface area (Å²) < 4.78 is 1.88. The van der Waals surface area contributed by atoms with Gasteiger partial charge >= 0.3 is 0 Å². The number of aryl methyl sites for hydroxylation is 3. The summed E-state index contributed by atoms with van der Waals surface area (Å²) in [5.41, 5.74) is 4.19. The maximum Gasteiger partial charge on any atom is 0.203 e. The first-order valence-electron chi connectivity index (χ1n) is 5.47. The molecule has 2 aromatic rings. The highest BCUT2D eigenvalue weighted by Crippen LogP contribution is 2.34. The molecule has 0 aliphatic rings. The molecule has 1 aromatic carbocycles. The first kappa shape index (κ1) is 14.0. The van der Waals surface area contributed by atoms with E-state index in [1.807, 2.05) is 26.0 Å². The fourth-order valence-electron chi connectivity index (χ4n) is 1.80. The highest BCUT2D eigenvalue weighted by Gasteiger charge is 2.16. The van der Waals surface area contributed by atoms with Crippen molar-refractivity contribution in [2.75, 3.05) is 0 Å². The van der Waals surface area contributed by atoms with Gasteiger partial charge in [0.2, 0.25) is 5.78 Å². The van der Waals surface area contributed by atoms with E-state index in [4.69, 9.17) is 0 Å². The minimum atomic E-state index is 0.0898. The fourth-order valence-corrected chi connectivity index (χ4v) is 3.79. The highest BCUT2D eigenvalue weighted by molar-refractivity contribution is 9.13. The topological polar surface area (TPSA) is 17.1 Å². The number of benzene rings is 1. The summed E-state index contributed by atoms with van der Waals surface area (Å²) in [7, 11) is 0. The van der Waals surface area contributed by atoms with E-state index in [2.05, 4.69) is 44.8 Å². The molecule has 0 fully saturated rings. The molecule has 1 aromatic heterocycles. The Morgan fingerprint density at radius 1 is 1.00 bits per heavy atom. The van der Waals surface area contributed by atoms with Crippen LogP contribution in [-0.2, 0) is 0 Å². The van der Waals surface area contributed by atoms with Gasteiger partial charge < -0.3 is 0 Å². The normalized spacial score (nSPS) is 10.7. The second-order valence-corrected chi connectivity index (χ2v) is 7.54. The van der Waals surface area contributed by atoms with Crippen LogP contribution in [0, 0.1) is 20.8 Å². The van der Waals surface area contributed by atoms with Crippen LogP contribution in [0.2, 0.25) is 0 Å². The van der Waals surface area contributed by atoms with Gasteiger partial charge in [0.25, 0.3) is 0 Å². The van der Waals surface area contributed by atoms with Gasteiger partial charge in [0.15, 0.2) is 0 Å². The van der Waals surface area contributed by atoms with E-state index in [9.17, 15) is 4.79 Å². The molecule has 0 N–H and O–H groups in total. The number of carbonyl (C=O) groups excluding carboxylic acids is 1. The summed E-state index contributed by atoms with van der Waals surface area (Å²) in [6.45, 7) is 6.08. The van der Waals surface area contributed by atoms with E-state index < -0.39 is 0 Å². The van der Waals surface area contributed by atoms with Crippen molar-refractivity contribution in [3.8, 4) is 0 Å². The van der Waals surface area contributed by atoms with Crippen LogP contribution >= 0.6 is 43.2 Å². The second-order valence-electron chi connectivity index (χ2n) is 4.31. The maximum atomic E-state index is 12.5. The first-order chi connectivity index (χ1) is 8.40. The maximum absolute atomic E-state index is 12.5. The van der Waals surface area contributed by atoms with Gasteiger partial charge in [-0.1, -0.05) is 6.07 Å². The molecule has 0 amide bonds. The standard InChI is InChI=1S/C14H12Br2OS/c1-7-4-9(3)10(5-8(7)2)13(17)12-6-11(15)14(16)18-12/h4-6H,1-3H3. The minimum absolute atomic E-state index is 0.0898. The Hall–Kier alpha value is -0.450. The zero-order valence-corrected chi connectivity index (χ0v) is 14.3. The number of carbonyl (C=O) groups is 1. The summed E-state index contributed by atoms with van der Waals surface area (Å²) in [4.78, 5) is 13.2. The van der Waals surface area contributed by atoms with E-state index in [-0.39, 0.29) is 5.78 Å². The lowest BCUT2D eigenvalue weighted by Gasteiger charge is -2.07. The molecule has 1 nitrogen and oxygen atoms in total. The molecule has 18 heavy (non-hydrogen) atoms. The van der Waals surface area contributed by atoms with E-state index in [0.717, 1.165) is 29.8 Å². The molecular formula is C14H12Br2OS. The first-order valence-corrected chi connectivity index (χ1v) is 7.87. The second kappa shape index (κ2) is 5.27. The summed E-state index contributed by atoms with van der Waals surface area (Å²) in [5, 5.41) is 0. The third-order valence-electron chi connectivity index (χ3n) is 2.95. The lowest BCUT2D eigenvalue weighted by Crippen LogP contribution is -2.03. The lowest BCUT2D eigenvalue weighted by atomic mass is 9.97. The van der Waals surface area contributed by atoms with Crippen molar-refractivity contribution in [2.24, 2.45) is 0 Å². The molecule has 0 saturated carbocycles. The Labute approximate surface area is 127 Å². The van der Waals surface area contributed by atoms with Gasteiger partial charge in [0, 0.05) is 10.0 Å². The summed E-state index contributed by atoms with van der Waals surface area (Å²) in [6.07, 6.45) is 0. The zero-order chi connectivity index (χ0) is 13.4. The van der Waals surface area contributed by atoms with Crippen LogP contribution in [0.5, 0.6) is 0 Å². The average Bonchev–Trinajstić information content (AvgIpc) is 2.63. The summed E-state index contributed by atoms with van der Waals surface area (Å²) in [6, 6.07) is 5.92. The van der Waals surface area contributed by atoms with Gasteiger partial charge in [-0.2, -0.15) is 0 Å². The van der Waals surface area contributed by atoms with E-state index in [0.29, 0.717) is 0 Å². The quantitative estimate of drug-likeness (QED) is 0.628. The van der Waals surface area contributed by atoms with Crippen molar-refractivity contribution in [2.45, 2.75) is 20.8 Å². The molecule has 4 heteroatoms. The highest BCUT2D eigenvalue weighted by atomic mass is 79.9. The lowest BCUT2D eigenvalue weighted by molar-refractivity contribution is 0.104. The van der Waals surface area contributed by atoms with Crippen molar-refractivity contribution < 1.29 is 4.79 Å². The average molecular weight is 388 g/mol. The Balaban J connectivity index is 2.49. The Bertz CT molecular complexity index is 609. The smallest absolute Gasteiger partial charge is 0.203 e. The summed E-state index contributed by atoms with van der Waals surface area (Å²) in [5.74, 6) is 0.0898. The Morgan fingerprint density at radius 3 is 2.17 bits per heavy atom. The third kappa shape index (κ3) is 2.60. The molecule has 94 valence electrons. The zero-order valence-electron chi connectivity index (χ0n) is 10.3. The molecule has 0 spiro atoms. The predicted octanol–water partition coefficient (Wildman–Crippen LogP) is 5.43. The van der Waals surface area contributed by atoms with Gasteiger partial charge in [-0.3, -0.25) is 4.79 Å². The number of hydrogen-bond acceptors (Lipinski definition) is 2. The molecule has 2 rings (SSSR count). The van der Waals surface area contributed by atoms with Crippen molar-refractivity contribution >= 4 is 49.0 Å². The van der Waals surface area contributed by atoms with Crippen molar-refractivity contribution in [3.63, 3.8) is 0 Å². The largest absolute Gasteiger partial charge is 0.288 e. The molecule has 0 saturated heterocycles. The molecule has 0 bridgehead atoms. The SMILES string of the molecule is Cc1cc(C)c(C(=O)c2cc(Br)c(Br)s2)cc1C. The molecule has 0 unspecified atom stereocenters. The van der Waals surface area contributed by atoms with Gasteiger partial charge in [-0.05, 0) is 81.5 Å². The van der Waals surface area contributed by atoms with E-state index in [1.165, 1.54) is 16.9 Å². The van der Waals surface area contributed by atoms with Crippen LogP contribution < -0.4 is 0 Å². The van der Waals surface area contributed by atoms with Gasteiger partial charge in [-0.25, -0.2) is 0 Å². The Kier molecular flexibility index (Phi) is 4.09. The molecule has 0 atom stereocenters. The number of ketones is 1. The monoisotopic (exact) mass is 386 g/mol. The Morgan fingerprint density at radius 2 is 1.61 bits per heavy atom. The van der Waals surface area contributed by atoms with Gasteiger partial charge in [-0.15, -0.1) is 11.3 Å². The van der Waals surface area contributed by atoms with Crippen LogP contribution in [0.15, 0.2) is 26.5 Å². The van der Waals surface area contributed by atoms with E-state index >= 15 is 0 Å². The van der Waals surface area contributed by atoms with Gasteiger partial charge in [0.05, 0.1) is 8.66 Å². The van der Waals surface area contributed by atoms with Crippen molar-refractivity contribution in [1.82, 2.24) is 0 Å². The van der Waals surface area contributed by atoms with Crippen LogP contribution in [0.4, 0.5) is 0 Å². The fraction of sp³-hybridized carbons (Fsp3) is 0.214.